The first kappa shape index (κ1) is 17.2. The Kier molecular flexibility index (Phi) is 6.35. The van der Waals surface area contributed by atoms with E-state index in [-0.39, 0.29) is 24.3 Å². The van der Waals surface area contributed by atoms with E-state index in [0.29, 0.717) is 13.0 Å². The Morgan fingerprint density at radius 1 is 1.39 bits per heavy atom. The summed E-state index contributed by atoms with van der Waals surface area (Å²) in [6, 6.07) is 8.70. The van der Waals surface area contributed by atoms with Gasteiger partial charge in [0.15, 0.2) is 0 Å². The van der Waals surface area contributed by atoms with Gasteiger partial charge in [0.05, 0.1) is 12.0 Å². The Morgan fingerprint density at radius 3 is 2.78 bits per heavy atom. The van der Waals surface area contributed by atoms with Crippen molar-refractivity contribution in [2.45, 2.75) is 38.3 Å². The Balaban J connectivity index is 2.10. The van der Waals surface area contributed by atoms with Crippen molar-refractivity contribution in [1.29, 1.82) is 0 Å². The maximum Gasteiger partial charge on any atom is 0.326 e. The molecule has 5 heteroatoms. The zero-order valence-electron chi connectivity index (χ0n) is 13.3. The molecule has 1 heterocycles. The highest BCUT2D eigenvalue weighted by Gasteiger charge is 2.34. The first-order valence-electron chi connectivity index (χ1n) is 7.94. The number of allylic oxidation sites excluding steroid dienone is 1. The van der Waals surface area contributed by atoms with Gasteiger partial charge >= 0.3 is 5.97 Å². The minimum Gasteiger partial charge on any atom is -0.480 e. The van der Waals surface area contributed by atoms with Crippen molar-refractivity contribution in [1.82, 2.24) is 5.32 Å². The van der Waals surface area contributed by atoms with Crippen LogP contribution in [-0.4, -0.2) is 29.6 Å². The summed E-state index contributed by atoms with van der Waals surface area (Å²) in [5.41, 5.74) is 0.952. The van der Waals surface area contributed by atoms with E-state index in [4.69, 9.17) is 4.74 Å². The Hall–Kier alpha value is -2.14. The third-order valence-corrected chi connectivity index (χ3v) is 4.01. The van der Waals surface area contributed by atoms with Crippen LogP contribution in [0.5, 0.6) is 0 Å². The lowest BCUT2D eigenvalue weighted by molar-refractivity contribution is -0.145. The number of ether oxygens (including phenoxy) is 1. The van der Waals surface area contributed by atoms with Crippen molar-refractivity contribution in [3.63, 3.8) is 0 Å². The Morgan fingerprint density at radius 2 is 2.13 bits per heavy atom. The number of benzene rings is 1. The molecule has 1 aliphatic heterocycles. The van der Waals surface area contributed by atoms with E-state index in [2.05, 4.69) is 5.32 Å². The summed E-state index contributed by atoms with van der Waals surface area (Å²) < 4.78 is 5.80. The maximum absolute atomic E-state index is 12.6. The molecule has 1 saturated heterocycles. The summed E-state index contributed by atoms with van der Waals surface area (Å²) >= 11 is 0. The molecule has 124 valence electrons. The smallest absolute Gasteiger partial charge is 0.326 e. The zero-order valence-corrected chi connectivity index (χ0v) is 13.3. The molecule has 0 bridgehead atoms. The molecule has 1 fully saturated rings. The molecule has 1 aromatic rings. The van der Waals surface area contributed by atoms with Crippen molar-refractivity contribution in [3.05, 3.63) is 48.0 Å². The van der Waals surface area contributed by atoms with Gasteiger partial charge in [-0.15, -0.1) is 0 Å². The van der Waals surface area contributed by atoms with Crippen LogP contribution in [0.1, 0.15) is 37.9 Å². The van der Waals surface area contributed by atoms with Crippen LogP contribution in [0.25, 0.3) is 0 Å². The SMILES string of the molecule is C/C=C/CC(NC(=O)C1CCCOC1c1ccccc1)C(=O)O. The second-order valence-electron chi connectivity index (χ2n) is 5.65. The predicted molar refractivity (Wildman–Crippen MR) is 86.9 cm³/mol. The van der Waals surface area contributed by atoms with Gasteiger partial charge in [-0.25, -0.2) is 4.79 Å². The van der Waals surface area contributed by atoms with Crippen molar-refractivity contribution in [3.8, 4) is 0 Å². The second-order valence-corrected chi connectivity index (χ2v) is 5.65. The number of rotatable bonds is 6. The van der Waals surface area contributed by atoms with Crippen LogP contribution < -0.4 is 5.32 Å². The number of carbonyl (C=O) groups is 2. The maximum atomic E-state index is 12.6. The van der Waals surface area contributed by atoms with E-state index in [1.54, 1.807) is 12.2 Å². The van der Waals surface area contributed by atoms with Gasteiger partial charge in [0.25, 0.3) is 0 Å². The van der Waals surface area contributed by atoms with Crippen molar-refractivity contribution < 1.29 is 19.4 Å². The van der Waals surface area contributed by atoms with Gasteiger partial charge in [0.1, 0.15) is 6.04 Å². The quantitative estimate of drug-likeness (QED) is 0.791. The third-order valence-electron chi connectivity index (χ3n) is 4.01. The summed E-state index contributed by atoms with van der Waals surface area (Å²) in [6.07, 6.45) is 4.97. The van der Waals surface area contributed by atoms with Crippen LogP contribution in [0.2, 0.25) is 0 Å². The lowest BCUT2D eigenvalue weighted by atomic mass is 9.88. The highest BCUT2D eigenvalue weighted by atomic mass is 16.5. The zero-order chi connectivity index (χ0) is 16.7. The molecule has 0 aliphatic carbocycles. The second kappa shape index (κ2) is 8.48. The minimum absolute atomic E-state index is 0.254. The number of carboxylic acid groups (broad SMARTS) is 1. The molecule has 3 unspecified atom stereocenters. The number of carbonyl (C=O) groups excluding carboxylic acids is 1. The van der Waals surface area contributed by atoms with E-state index < -0.39 is 12.0 Å². The number of nitrogens with one attached hydrogen (secondary N) is 1. The van der Waals surface area contributed by atoms with Crippen molar-refractivity contribution in [2.24, 2.45) is 5.92 Å². The van der Waals surface area contributed by atoms with Crippen LogP contribution in [-0.2, 0) is 14.3 Å². The van der Waals surface area contributed by atoms with Gasteiger partial charge in [-0.2, -0.15) is 0 Å². The predicted octanol–water partition coefficient (Wildman–Crippen LogP) is 2.69. The van der Waals surface area contributed by atoms with E-state index >= 15 is 0 Å². The minimum atomic E-state index is -1.02. The summed E-state index contributed by atoms with van der Waals surface area (Å²) in [7, 11) is 0. The molecule has 0 spiro atoms. The topological polar surface area (TPSA) is 75.6 Å². The van der Waals surface area contributed by atoms with Crippen LogP contribution in [0.3, 0.4) is 0 Å². The van der Waals surface area contributed by atoms with Gasteiger partial charge in [-0.1, -0.05) is 42.5 Å². The first-order chi connectivity index (χ1) is 11.1. The summed E-state index contributed by atoms with van der Waals surface area (Å²) in [4.78, 5) is 23.9. The van der Waals surface area contributed by atoms with Crippen LogP contribution in [0.15, 0.2) is 42.5 Å². The fraction of sp³-hybridized carbons (Fsp3) is 0.444. The molecule has 23 heavy (non-hydrogen) atoms. The lowest BCUT2D eigenvalue weighted by Crippen LogP contribution is -2.45. The average Bonchev–Trinajstić information content (AvgIpc) is 2.59. The molecule has 5 nitrogen and oxygen atoms in total. The van der Waals surface area contributed by atoms with Crippen LogP contribution in [0.4, 0.5) is 0 Å². The van der Waals surface area contributed by atoms with Gasteiger partial charge in [-0.05, 0) is 31.7 Å². The molecule has 0 aromatic heterocycles. The normalized spacial score (nSPS) is 22.7. The van der Waals surface area contributed by atoms with Crippen LogP contribution >= 0.6 is 0 Å². The Bertz CT molecular complexity index is 555. The van der Waals surface area contributed by atoms with E-state index in [9.17, 15) is 14.7 Å². The van der Waals surface area contributed by atoms with Crippen molar-refractivity contribution in [2.75, 3.05) is 6.61 Å². The Labute approximate surface area is 136 Å². The fourth-order valence-corrected chi connectivity index (χ4v) is 2.79. The van der Waals surface area contributed by atoms with Crippen LogP contribution in [0, 0.1) is 5.92 Å². The number of amides is 1. The molecular weight excluding hydrogens is 294 g/mol. The largest absolute Gasteiger partial charge is 0.480 e. The van der Waals surface area contributed by atoms with E-state index in [0.717, 1.165) is 12.0 Å². The van der Waals surface area contributed by atoms with Gasteiger partial charge in [-0.3, -0.25) is 4.79 Å². The molecule has 1 aliphatic rings. The molecule has 0 saturated carbocycles. The highest BCUT2D eigenvalue weighted by Crippen LogP contribution is 2.33. The molecule has 1 amide bonds. The van der Waals surface area contributed by atoms with Gasteiger partial charge < -0.3 is 15.2 Å². The summed E-state index contributed by atoms with van der Waals surface area (Å²) in [5.74, 6) is -1.64. The number of carboxylic acids is 1. The third kappa shape index (κ3) is 4.66. The number of aliphatic carboxylic acids is 1. The molecule has 0 radical (unpaired) electrons. The van der Waals surface area contributed by atoms with E-state index in [1.807, 2.05) is 37.3 Å². The highest BCUT2D eigenvalue weighted by molar-refractivity contribution is 5.85. The number of hydrogen-bond acceptors (Lipinski definition) is 3. The molecule has 1 aromatic carbocycles. The monoisotopic (exact) mass is 317 g/mol. The van der Waals surface area contributed by atoms with E-state index in [1.165, 1.54) is 0 Å². The molecular formula is C18H23NO4. The summed E-state index contributed by atoms with van der Waals surface area (Å²) in [6.45, 7) is 2.44. The van der Waals surface area contributed by atoms with Gasteiger partial charge in [0.2, 0.25) is 5.91 Å². The first-order valence-corrected chi connectivity index (χ1v) is 7.94. The standard InChI is InChI=1S/C18H23NO4/c1-2-3-11-15(18(21)22)19-17(20)14-10-7-12-23-16(14)13-8-5-4-6-9-13/h2-6,8-9,14-16H,7,10-12H2,1H3,(H,19,20)(H,21,22)/b3-2+. The fourth-order valence-electron chi connectivity index (χ4n) is 2.79. The van der Waals surface area contributed by atoms with Crippen molar-refractivity contribution >= 4 is 11.9 Å². The number of hydrogen-bond donors (Lipinski definition) is 2. The molecule has 3 atom stereocenters. The lowest BCUT2D eigenvalue weighted by Gasteiger charge is -2.31. The molecule has 2 rings (SSSR count). The summed E-state index contributed by atoms with van der Waals surface area (Å²) in [5, 5.41) is 11.9. The average molecular weight is 317 g/mol. The molecule has 2 N–H and O–H groups in total. The van der Waals surface area contributed by atoms with Gasteiger partial charge in [0, 0.05) is 6.61 Å².